The van der Waals surface area contributed by atoms with E-state index in [2.05, 4.69) is 0 Å². The minimum Gasteiger partial charge on any atom is -0.508 e. The zero-order chi connectivity index (χ0) is 24.6. The number of carbonyl (C=O) groups excluding carboxylic acids is 2. The number of Topliss-reactive ketones (excluding diaryl/α,β-unsaturated/α-hetero) is 2. The molecule has 10 nitrogen and oxygen atoms in total. The van der Waals surface area contributed by atoms with Crippen molar-refractivity contribution in [2.45, 2.75) is 24.5 Å². The van der Waals surface area contributed by atoms with Crippen molar-refractivity contribution in [2.75, 3.05) is 33.1 Å². The van der Waals surface area contributed by atoms with Gasteiger partial charge in [0.25, 0.3) is 0 Å². The fraction of sp³-hybridized carbons (Fsp3) is 0.435. The van der Waals surface area contributed by atoms with Crippen molar-refractivity contribution in [3.63, 3.8) is 0 Å². The van der Waals surface area contributed by atoms with E-state index in [0.29, 0.717) is 5.56 Å². The largest absolute Gasteiger partial charge is 0.508 e. The summed E-state index contributed by atoms with van der Waals surface area (Å²) >= 11 is 0. The van der Waals surface area contributed by atoms with Gasteiger partial charge in [-0.1, -0.05) is 0 Å². The van der Waals surface area contributed by atoms with Crippen LogP contribution in [0.1, 0.15) is 17.5 Å². The average molecular weight is 458 g/mol. The number of carbonyl (C=O) groups is 3. The van der Waals surface area contributed by atoms with Crippen molar-refractivity contribution < 1.29 is 39.9 Å². The normalized spacial score (nSPS) is 29.1. The topological polar surface area (TPSA) is 159 Å². The van der Waals surface area contributed by atoms with Crippen LogP contribution in [0.15, 0.2) is 29.0 Å². The molecule has 0 radical (unpaired) electrons. The number of aliphatic hydroxyl groups excluding tert-OH is 2. The highest BCUT2D eigenvalue weighted by Crippen LogP contribution is 2.53. The number of fused-ring (bicyclic) bond motifs is 3. The SMILES string of the molecule is CN(C)c1ccc(O)c2c1C[C@H]1C[C@H]3[C@H](N(C)C)C(=O)C(C(=O)O)=C(O)[C@@]3(O)C(=O)C1=C2O. The van der Waals surface area contributed by atoms with Crippen LogP contribution in [0.25, 0.3) is 5.76 Å². The molecule has 4 atom stereocenters. The van der Waals surface area contributed by atoms with E-state index in [-0.39, 0.29) is 29.7 Å². The lowest BCUT2D eigenvalue weighted by Gasteiger charge is -2.50. The first kappa shape index (κ1) is 22.8. The molecule has 3 aliphatic rings. The Morgan fingerprint density at radius 1 is 1.09 bits per heavy atom. The summed E-state index contributed by atoms with van der Waals surface area (Å²) in [6.45, 7) is 0. The summed E-state index contributed by atoms with van der Waals surface area (Å²) < 4.78 is 0. The van der Waals surface area contributed by atoms with Crippen LogP contribution in [0.4, 0.5) is 5.69 Å². The molecule has 0 amide bonds. The highest BCUT2D eigenvalue weighted by atomic mass is 16.4. The summed E-state index contributed by atoms with van der Waals surface area (Å²) in [4.78, 5) is 41.6. The van der Waals surface area contributed by atoms with E-state index in [1.807, 2.05) is 0 Å². The first-order chi connectivity index (χ1) is 15.3. The number of anilines is 1. The second kappa shape index (κ2) is 7.32. The Labute approximate surface area is 189 Å². The molecular formula is C23H26N2O8. The highest BCUT2D eigenvalue weighted by Gasteiger charge is 2.64. The van der Waals surface area contributed by atoms with Gasteiger partial charge >= 0.3 is 5.97 Å². The first-order valence-electron chi connectivity index (χ1n) is 10.4. The lowest BCUT2D eigenvalue weighted by molar-refractivity contribution is -0.155. The highest BCUT2D eigenvalue weighted by molar-refractivity contribution is 6.23. The van der Waals surface area contributed by atoms with Crippen LogP contribution in [-0.4, -0.2) is 87.8 Å². The smallest absolute Gasteiger partial charge is 0.342 e. The molecule has 3 aliphatic carbocycles. The van der Waals surface area contributed by atoms with Crippen molar-refractivity contribution in [3.05, 3.63) is 40.2 Å². The molecule has 0 saturated heterocycles. The maximum absolute atomic E-state index is 13.6. The lowest BCUT2D eigenvalue weighted by atomic mass is 9.57. The predicted molar refractivity (Wildman–Crippen MR) is 117 cm³/mol. The van der Waals surface area contributed by atoms with Gasteiger partial charge in [0.1, 0.15) is 17.1 Å². The minimum atomic E-state index is -2.71. The molecule has 1 aromatic rings. The summed E-state index contributed by atoms with van der Waals surface area (Å²) in [6, 6.07) is 1.90. The number of aliphatic hydroxyl groups is 3. The van der Waals surface area contributed by atoms with Crippen LogP contribution in [0, 0.1) is 11.8 Å². The minimum absolute atomic E-state index is 0.0230. The van der Waals surface area contributed by atoms with Crippen LogP contribution in [0.3, 0.4) is 0 Å². The Kier molecular flexibility index (Phi) is 5.06. The molecule has 0 bridgehead atoms. The van der Waals surface area contributed by atoms with E-state index >= 15 is 0 Å². The number of carboxylic acid groups (broad SMARTS) is 1. The Bertz CT molecular complexity index is 1170. The van der Waals surface area contributed by atoms with Gasteiger partial charge in [-0.25, -0.2) is 4.79 Å². The molecule has 1 fully saturated rings. The van der Waals surface area contributed by atoms with Crippen LogP contribution in [0.2, 0.25) is 0 Å². The number of hydrogen-bond donors (Lipinski definition) is 5. The molecule has 0 spiro atoms. The van der Waals surface area contributed by atoms with Crippen LogP contribution < -0.4 is 4.90 Å². The Hall–Kier alpha value is -3.37. The van der Waals surface area contributed by atoms with Crippen LogP contribution >= 0.6 is 0 Å². The molecule has 33 heavy (non-hydrogen) atoms. The van der Waals surface area contributed by atoms with Crippen molar-refractivity contribution in [1.29, 1.82) is 0 Å². The van der Waals surface area contributed by atoms with E-state index in [1.165, 1.54) is 25.1 Å². The first-order valence-corrected chi connectivity index (χ1v) is 10.4. The third-order valence-electron chi connectivity index (χ3n) is 7.03. The fourth-order valence-electron chi connectivity index (χ4n) is 5.62. The molecule has 5 N–H and O–H groups in total. The van der Waals surface area contributed by atoms with Crippen molar-refractivity contribution >= 4 is 29.0 Å². The third-order valence-corrected chi connectivity index (χ3v) is 7.03. The standard InChI is InChI=1S/C23H26N2O8/c1-24(2)12-5-6-13(26)15-10(12)7-9-8-11-17(25(3)4)19(28)16(22(31)32)21(30)23(11,33)20(29)14(9)18(15)27/h5-6,9,11,17,26-27,30,33H,7-8H2,1-4H3,(H,31,32)/t9-,11-,17-,23-/m0/s1. The molecule has 1 saturated carbocycles. The maximum Gasteiger partial charge on any atom is 0.342 e. The number of hydrogen-bond acceptors (Lipinski definition) is 9. The molecule has 4 rings (SSSR count). The van der Waals surface area contributed by atoms with Gasteiger partial charge in [-0.3, -0.25) is 14.5 Å². The van der Waals surface area contributed by atoms with Crippen LogP contribution in [-0.2, 0) is 20.8 Å². The summed E-state index contributed by atoms with van der Waals surface area (Å²) in [5.41, 5.74) is -2.56. The molecular weight excluding hydrogens is 432 g/mol. The number of ketones is 2. The number of phenols is 1. The predicted octanol–water partition coefficient (Wildman–Crippen LogP) is 0.629. The second-order valence-electron chi connectivity index (χ2n) is 9.25. The van der Waals surface area contributed by atoms with Gasteiger partial charge < -0.3 is 30.4 Å². The number of likely N-dealkylation sites (N-methyl/N-ethyl adjacent to an activating group) is 1. The molecule has 0 unspecified atom stereocenters. The monoisotopic (exact) mass is 458 g/mol. The average Bonchev–Trinajstić information content (AvgIpc) is 2.70. The van der Waals surface area contributed by atoms with Gasteiger partial charge in [-0.15, -0.1) is 0 Å². The Balaban J connectivity index is 1.99. The van der Waals surface area contributed by atoms with E-state index in [4.69, 9.17) is 0 Å². The summed E-state index contributed by atoms with van der Waals surface area (Å²) in [7, 11) is 6.64. The van der Waals surface area contributed by atoms with Gasteiger partial charge in [0.2, 0.25) is 5.78 Å². The summed E-state index contributed by atoms with van der Waals surface area (Å²) in [5, 5.41) is 53.2. The molecule has 0 heterocycles. The Morgan fingerprint density at radius 3 is 2.27 bits per heavy atom. The van der Waals surface area contributed by atoms with Crippen molar-refractivity contribution in [1.82, 2.24) is 4.90 Å². The number of benzene rings is 1. The van der Waals surface area contributed by atoms with Gasteiger partial charge in [0.15, 0.2) is 17.1 Å². The number of nitrogens with zero attached hydrogens (tertiary/aromatic N) is 2. The van der Waals surface area contributed by atoms with E-state index in [1.54, 1.807) is 25.1 Å². The number of aromatic hydroxyl groups is 1. The molecule has 0 aliphatic heterocycles. The van der Waals surface area contributed by atoms with Crippen molar-refractivity contribution in [2.24, 2.45) is 11.8 Å². The van der Waals surface area contributed by atoms with E-state index in [9.17, 15) is 39.9 Å². The lowest BCUT2D eigenvalue weighted by Crippen LogP contribution is -2.65. The zero-order valence-corrected chi connectivity index (χ0v) is 18.7. The Morgan fingerprint density at radius 2 is 1.73 bits per heavy atom. The number of phenolic OH excluding ortho intramolecular Hbond substituents is 1. The van der Waals surface area contributed by atoms with Gasteiger partial charge in [-0.2, -0.15) is 0 Å². The third kappa shape index (κ3) is 2.90. The number of rotatable bonds is 3. The molecule has 176 valence electrons. The summed E-state index contributed by atoms with van der Waals surface area (Å²) in [6.07, 6.45) is 0.259. The molecule has 10 heteroatoms. The maximum atomic E-state index is 13.6. The van der Waals surface area contributed by atoms with Crippen molar-refractivity contribution in [3.8, 4) is 5.75 Å². The second-order valence-corrected chi connectivity index (χ2v) is 9.25. The summed E-state index contributed by atoms with van der Waals surface area (Å²) in [5.74, 6) is -7.48. The van der Waals surface area contributed by atoms with E-state index < -0.39 is 58.1 Å². The number of carboxylic acids is 1. The van der Waals surface area contributed by atoms with Gasteiger partial charge in [0.05, 0.1) is 11.6 Å². The van der Waals surface area contributed by atoms with E-state index in [0.717, 1.165) is 5.69 Å². The fourth-order valence-corrected chi connectivity index (χ4v) is 5.62. The van der Waals surface area contributed by atoms with Gasteiger partial charge in [-0.05, 0) is 50.6 Å². The van der Waals surface area contributed by atoms with Crippen LogP contribution in [0.5, 0.6) is 5.75 Å². The van der Waals surface area contributed by atoms with Gasteiger partial charge in [0, 0.05) is 31.3 Å². The zero-order valence-electron chi connectivity index (χ0n) is 18.7. The number of aliphatic carboxylic acids is 1. The quantitative estimate of drug-likeness (QED) is 0.407. The molecule has 1 aromatic carbocycles. The molecule has 0 aromatic heterocycles.